The lowest BCUT2D eigenvalue weighted by molar-refractivity contribution is -0.153. The first-order chi connectivity index (χ1) is 14.6. The van der Waals surface area contributed by atoms with Crippen LogP contribution < -0.4 is 0 Å². The fourth-order valence-electron chi connectivity index (χ4n) is 4.69. The van der Waals surface area contributed by atoms with Gasteiger partial charge in [-0.2, -0.15) is 0 Å². The van der Waals surface area contributed by atoms with Crippen LogP contribution in [-0.4, -0.2) is 55.8 Å². The van der Waals surface area contributed by atoms with Gasteiger partial charge in [0, 0.05) is 23.1 Å². The second kappa shape index (κ2) is 6.79. The Balaban J connectivity index is 2.11. The Hall–Kier alpha value is -3.43. The van der Waals surface area contributed by atoms with Gasteiger partial charge in [-0.3, -0.25) is 14.4 Å². The summed E-state index contributed by atoms with van der Waals surface area (Å²) < 4.78 is 4.78. The summed E-state index contributed by atoms with van der Waals surface area (Å²) in [6, 6.07) is 3.83. The molecule has 0 amide bonds. The van der Waals surface area contributed by atoms with E-state index in [9.17, 15) is 39.9 Å². The minimum absolute atomic E-state index is 0.00979. The zero-order chi connectivity index (χ0) is 22.8. The van der Waals surface area contributed by atoms with Crippen molar-refractivity contribution in [1.29, 1.82) is 0 Å². The largest absolute Gasteiger partial charge is 0.507 e. The topological polar surface area (TPSA) is 162 Å². The van der Waals surface area contributed by atoms with Gasteiger partial charge in [0.05, 0.1) is 35.5 Å². The van der Waals surface area contributed by atoms with Crippen LogP contribution >= 0.6 is 0 Å². The molecule has 0 saturated heterocycles. The van der Waals surface area contributed by atoms with Crippen molar-refractivity contribution >= 4 is 17.5 Å². The molecule has 0 spiro atoms. The van der Waals surface area contributed by atoms with Gasteiger partial charge in [-0.25, -0.2) is 0 Å². The normalized spacial score (nSPS) is 24.3. The molecule has 0 unspecified atom stereocenters. The van der Waals surface area contributed by atoms with E-state index in [2.05, 4.69) is 0 Å². The summed E-state index contributed by atoms with van der Waals surface area (Å²) in [7, 11) is 1.08. The van der Waals surface area contributed by atoms with Crippen LogP contribution in [0.1, 0.15) is 74.8 Å². The number of phenolic OH excluding ortho intramolecular Hbond substituents is 3. The van der Waals surface area contributed by atoms with Crippen LogP contribution in [0.2, 0.25) is 0 Å². The van der Waals surface area contributed by atoms with Crippen LogP contribution in [0.25, 0.3) is 0 Å². The van der Waals surface area contributed by atoms with E-state index in [1.54, 1.807) is 6.92 Å². The number of hydrogen-bond donors (Lipinski definition) is 5. The van der Waals surface area contributed by atoms with Gasteiger partial charge in [-0.05, 0) is 12.5 Å². The van der Waals surface area contributed by atoms with Gasteiger partial charge >= 0.3 is 5.97 Å². The van der Waals surface area contributed by atoms with Crippen LogP contribution in [0.4, 0.5) is 0 Å². The molecule has 9 heteroatoms. The highest BCUT2D eigenvalue weighted by Crippen LogP contribution is 2.56. The molecule has 0 aliphatic heterocycles. The van der Waals surface area contributed by atoms with Crippen LogP contribution in [0.5, 0.6) is 17.2 Å². The Kier molecular flexibility index (Phi) is 4.56. The molecular formula is C22H20O9. The van der Waals surface area contributed by atoms with Crippen molar-refractivity contribution in [3.05, 3.63) is 51.6 Å². The summed E-state index contributed by atoms with van der Waals surface area (Å²) in [5, 5.41) is 53.8. The van der Waals surface area contributed by atoms with E-state index in [1.807, 2.05) is 0 Å². The van der Waals surface area contributed by atoms with Crippen molar-refractivity contribution in [2.24, 2.45) is 0 Å². The minimum atomic E-state index is -1.84. The number of esters is 1. The van der Waals surface area contributed by atoms with E-state index in [0.717, 1.165) is 7.11 Å². The third-order valence-electron chi connectivity index (χ3n) is 6.25. The van der Waals surface area contributed by atoms with Crippen molar-refractivity contribution in [3.63, 3.8) is 0 Å². The molecule has 0 aromatic heterocycles. The number of aliphatic hydroxyl groups is 2. The summed E-state index contributed by atoms with van der Waals surface area (Å²) in [6.07, 6.45) is -1.94. The van der Waals surface area contributed by atoms with Gasteiger partial charge in [0.25, 0.3) is 0 Å². The molecule has 162 valence electrons. The lowest BCUT2D eigenvalue weighted by Gasteiger charge is -2.42. The second-order valence-electron chi connectivity index (χ2n) is 7.77. The molecular weight excluding hydrogens is 408 g/mol. The summed E-state index contributed by atoms with van der Waals surface area (Å²) in [6.45, 7) is 1.57. The molecule has 2 aliphatic carbocycles. The molecule has 2 aromatic carbocycles. The number of carbonyl (C=O) groups is 3. The predicted octanol–water partition coefficient (Wildman–Crippen LogP) is 1.41. The molecule has 3 atom stereocenters. The lowest BCUT2D eigenvalue weighted by atomic mass is 9.66. The van der Waals surface area contributed by atoms with Crippen molar-refractivity contribution in [2.45, 2.75) is 37.4 Å². The molecule has 31 heavy (non-hydrogen) atoms. The van der Waals surface area contributed by atoms with Crippen LogP contribution in [0.15, 0.2) is 18.2 Å². The highest BCUT2D eigenvalue weighted by atomic mass is 16.5. The number of aliphatic hydroxyl groups excluding tert-OH is 1. The van der Waals surface area contributed by atoms with Crippen molar-refractivity contribution in [2.75, 3.05) is 7.11 Å². The number of ether oxygens (including phenoxy) is 1. The summed E-state index contributed by atoms with van der Waals surface area (Å²) in [4.78, 5) is 38.8. The number of methoxy groups -OCH3 is 1. The van der Waals surface area contributed by atoms with Crippen molar-refractivity contribution in [3.8, 4) is 17.2 Å². The highest BCUT2D eigenvalue weighted by molar-refractivity contribution is 6.31. The fraction of sp³-hybridized carbons (Fsp3) is 0.318. The zero-order valence-corrected chi connectivity index (χ0v) is 16.7. The fourth-order valence-corrected chi connectivity index (χ4v) is 4.69. The molecule has 5 N–H and O–H groups in total. The highest BCUT2D eigenvalue weighted by Gasteiger charge is 2.53. The third-order valence-corrected chi connectivity index (χ3v) is 6.25. The number of rotatable bonds is 2. The molecule has 0 fully saturated rings. The van der Waals surface area contributed by atoms with E-state index >= 15 is 0 Å². The maximum absolute atomic E-state index is 13.1. The van der Waals surface area contributed by atoms with Gasteiger partial charge in [-0.1, -0.05) is 19.1 Å². The van der Waals surface area contributed by atoms with E-state index in [-0.39, 0.29) is 35.1 Å². The van der Waals surface area contributed by atoms with E-state index in [0.29, 0.717) is 0 Å². The predicted molar refractivity (Wildman–Crippen MR) is 104 cm³/mol. The number of ketones is 2. The average molecular weight is 428 g/mol. The Morgan fingerprint density at radius 2 is 1.68 bits per heavy atom. The molecule has 4 rings (SSSR count). The van der Waals surface area contributed by atoms with Crippen LogP contribution in [0.3, 0.4) is 0 Å². The molecule has 0 radical (unpaired) electrons. The van der Waals surface area contributed by atoms with Gasteiger partial charge in [0.1, 0.15) is 23.2 Å². The Morgan fingerprint density at radius 1 is 1.06 bits per heavy atom. The van der Waals surface area contributed by atoms with Crippen molar-refractivity contribution in [1.82, 2.24) is 0 Å². The van der Waals surface area contributed by atoms with E-state index in [1.165, 1.54) is 18.2 Å². The smallest absolute Gasteiger partial charge is 0.316 e. The maximum atomic E-state index is 13.1. The first-order valence-electron chi connectivity index (χ1n) is 9.60. The third kappa shape index (κ3) is 2.60. The summed E-state index contributed by atoms with van der Waals surface area (Å²) in [5.41, 5.74) is -4.23. The number of phenols is 3. The number of fused-ring (bicyclic) bond motifs is 3. The number of carbonyl (C=O) groups excluding carboxylic acids is 3. The maximum Gasteiger partial charge on any atom is 0.316 e. The zero-order valence-electron chi connectivity index (χ0n) is 16.7. The van der Waals surface area contributed by atoms with Gasteiger partial charge < -0.3 is 30.3 Å². The van der Waals surface area contributed by atoms with Gasteiger partial charge in [0.15, 0.2) is 5.78 Å². The number of hydrogen-bond acceptors (Lipinski definition) is 9. The first kappa shape index (κ1) is 20.8. The quantitative estimate of drug-likeness (QED) is 0.300. The van der Waals surface area contributed by atoms with Gasteiger partial charge in [0.2, 0.25) is 5.78 Å². The molecule has 2 aliphatic rings. The van der Waals surface area contributed by atoms with Crippen LogP contribution in [-0.2, 0) is 9.53 Å². The number of aromatic hydroxyl groups is 3. The molecule has 2 aromatic rings. The molecule has 0 saturated carbocycles. The summed E-state index contributed by atoms with van der Waals surface area (Å²) in [5.74, 6) is -6.33. The standard InChI is InChI=1S/C22H20O9/c1-3-22(30)7-10(24)12-13(16(22)21(29)31-2)20(28)14-15(19(12)27)18(26)11-8(17(14)25)5-4-6-9(11)23/h4-6,10,16,23-24,27-28,30H,3,7H2,1-2H3/t10-,16-,22+/m0/s1. The molecule has 0 bridgehead atoms. The molecule has 9 nitrogen and oxygen atoms in total. The monoisotopic (exact) mass is 428 g/mol. The first-order valence-corrected chi connectivity index (χ1v) is 9.60. The SMILES string of the molecule is CC[C@@]1(O)C[C@H](O)c2c(O)c3c(c(O)c2[C@H]1C(=O)OC)C(=O)c1cccc(O)c1C3=O. The Morgan fingerprint density at radius 3 is 2.29 bits per heavy atom. The lowest BCUT2D eigenvalue weighted by Crippen LogP contribution is -2.46. The number of benzene rings is 2. The Labute approximate surface area is 176 Å². The van der Waals surface area contributed by atoms with Crippen molar-refractivity contribution < 1.29 is 44.7 Å². The van der Waals surface area contributed by atoms with Crippen LogP contribution in [0, 0.1) is 0 Å². The second-order valence-corrected chi connectivity index (χ2v) is 7.77. The minimum Gasteiger partial charge on any atom is -0.507 e. The molecule has 0 heterocycles. The average Bonchev–Trinajstić information content (AvgIpc) is 2.73. The van der Waals surface area contributed by atoms with Gasteiger partial charge in [-0.15, -0.1) is 0 Å². The summed E-state index contributed by atoms with van der Waals surface area (Å²) >= 11 is 0. The Bertz CT molecular complexity index is 1170. The van der Waals surface area contributed by atoms with E-state index < -0.39 is 63.5 Å². The van der Waals surface area contributed by atoms with E-state index in [4.69, 9.17) is 4.74 Å².